The Bertz CT molecular complexity index is 1350. The van der Waals surface area contributed by atoms with Crippen molar-refractivity contribution in [2.45, 2.75) is 58.0 Å². The first kappa shape index (κ1) is 28.2. The maximum Gasteiger partial charge on any atom is 0.254 e. The van der Waals surface area contributed by atoms with Gasteiger partial charge in [-0.05, 0) is 84.9 Å². The first-order chi connectivity index (χ1) is 18.6. The average Bonchev–Trinajstić information content (AvgIpc) is 3.04. The number of ether oxygens (including phenoxy) is 1. The largest absolute Gasteiger partial charge is 0.490 e. The molecule has 2 bridgehead atoms. The maximum absolute atomic E-state index is 13.1. The summed E-state index contributed by atoms with van der Waals surface area (Å²) in [5, 5.41) is 11.3. The van der Waals surface area contributed by atoms with Crippen molar-refractivity contribution in [1.29, 1.82) is 0 Å². The molecular formula is C31H38ClN2O4S-. The molecule has 0 fully saturated rings. The summed E-state index contributed by atoms with van der Waals surface area (Å²) in [6.45, 7) is 8.43. The summed E-state index contributed by atoms with van der Waals surface area (Å²) in [7, 11) is -1.73. The molecule has 2 aromatic carbocycles. The standard InChI is InChI=1S/C31H38ClN2O4S/c1-20-6-4-8-28(35)22(3)17-39(37)33-30(36)24-9-12-29-27(15-24)34(16-21(20)2)18-31(19-38-29)13-5-7-23-14-25(32)10-11-26(23)31/h4,8-12,14-15,20-22,28,35H,5-7,13,16-19H2,1-3H3/q-1/b8-4+/t20-,21-,22+,28-,31-/m0/s1. The first-order valence-corrected chi connectivity index (χ1v) is 15.6. The SMILES string of the molecule is C[C@@H]1C[S-](=O)=NC(=O)c2ccc3c(c2)N(C[C@H](C)[C@@H](C)C/C=C/[C@@H]1O)C[C@@]1(CCCc2cc(Cl)ccc21)CO3. The van der Waals surface area contributed by atoms with Crippen LogP contribution < -0.4 is 9.64 Å². The number of hydrogen-bond acceptors (Lipinski definition) is 6. The number of allylic oxidation sites excluding steroid dienone is 1. The fourth-order valence-electron chi connectivity index (χ4n) is 6.14. The second-order valence-electron chi connectivity index (χ2n) is 11.8. The van der Waals surface area contributed by atoms with Crippen LogP contribution in [0.3, 0.4) is 0 Å². The number of nitrogens with zero attached hydrogens (tertiary/aromatic N) is 2. The fourth-order valence-corrected chi connectivity index (χ4v) is 7.34. The minimum Gasteiger partial charge on any atom is -0.490 e. The Kier molecular flexibility index (Phi) is 8.41. The Balaban J connectivity index is 1.58. The van der Waals surface area contributed by atoms with E-state index in [-0.39, 0.29) is 17.1 Å². The molecule has 1 amide bonds. The lowest BCUT2D eigenvalue weighted by Crippen LogP contribution is -2.47. The van der Waals surface area contributed by atoms with Crippen molar-refractivity contribution < 1.29 is 18.8 Å². The molecule has 3 aliphatic rings. The minimum absolute atomic E-state index is 0.120. The van der Waals surface area contributed by atoms with Gasteiger partial charge >= 0.3 is 0 Å². The molecule has 0 radical (unpaired) electrons. The zero-order chi connectivity index (χ0) is 27.7. The van der Waals surface area contributed by atoms with E-state index in [9.17, 15) is 14.1 Å². The van der Waals surface area contributed by atoms with Crippen LogP contribution in [-0.2, 0) is 26.6 Å². The molecule has 2 aliphatic heterocycles. The minimum atomic E-state index is -1.73. The molecule has 8 heteroatoms. The molecular weight excluding hydrogens is 532 g/mol. The topological polar surface area (TPSA) is 79.2 Å². The molecule has 0 aromatic heterocycles. The molecule has 5 atom stereocenters. The summed E-state index contributed by atoms with van der Waals surface area (Å²) in [4.78, 5) is 15.5. The molecule has 210 valence electrons. The van der Waals surface area contributed by atoms with Crippen molar-refractivity contribution in [3.8, 4) is 5.75 Å². The number of aryl methyl sites for hydroxylation is 1. The summed E-state index contributed by atoms with van der Waals surface area (Å²) >= 11 is 6.37. The Labute approximate surface area is 238 Å². The molecule has 0 unspecified atom stereocenters. The molecule has 1 N–H and O–H groups in total. The number of benzene rings is 2. The van der Waals surface area contributed by atoms with Gasteiger partial charge in [-0.25, -0.2) is 0 Å². The van der Waals surface area contributed by atoms with Gasteiger partial charge < -0.3 is 23.3 Å². The van der Waals surface area contributed by atoms with E-state index in [0.29, 0.717) is 24.0 Å². The highest BCUT2D eigenvalue weighted by atomic mass is 35.5. The third-order valence-electron chi connectivity index (χ3n) is 8.78. The predicted octanol–water partition coefficient (Wildman–Crippen LogP) is 6.33. The van der Waals surface area contributed by atoms with E-state index < -0.39 is 22.6 Å². The van der Waals surface area contributed by atoms with Gasteiger partial charge in [-0.15, -0.1) is 0 Å². The number of halogens is 1. The van der Waals surface area contributed by atoms with Gasteiger partial charge in [0.2, 0.25) is 0 Å². The highest BCUT2D eigenvalue weighted by Gasteiger charge is 2.42. The van der Waals surface area contributed by atoms with Crippen LogP contribution in [0.5, 0.6) is 5.75 Å². The molecule has 1 aliphatic carbocycles. The van der Waals surface area contributed by atoms with Gasteiger partial charge in [0.1, 0.15) is 5.75 Å². The van der Waals surface area contributed by atoms with Gasteiger partial charge in [-0.1, -0.05) is 56.3 Å². The van der Waals surface area contributed by atoms with E-state index in [1.807, 2.05) is 31.2 Å². The normalized spacial score (nSPS) is 31.1. The second-order valence-corrected chi connectivity index (χ2v) is 13.4. The van der Waals surface area contributed by atoms with E-state index >= 15 is 0 Å². The van der Waals surface area contributed by atoms with Crippen LogP contribution in [0.2, 0.25) is 5.02 Å². The summed E-state index contributed by atoms with van der Waals surface area (Å²) in [5.41, 5.74) is 3.66. The van der Waals surface area contributed by atoms with Crippen LogP contribution in [0.15, 0.2) is 52.9 Å². The zero-order valence-electron chi connectivity index (χ0n) is 22.9. The number of aliphatic hydroxyl groups is 1. The van der Waals surface area contributed by atoms with Crippen molar-refractivity contribution in [2.75, 3.05) is 30.3 Å². The summed E-state index contributed by atoms with van der Waals surface area (Å²) in [5.74, 6) is 0.785. The third kappa shape index (κ3) is 6.06. The highest BCUT2D eigenvalue weighted by molar-refractivity contribution is 7.75. The summed E-state index contributed by atoms with van der Waals surface area (Å²) in [6.07, 6.45) is 7.00. The van der Waals surface area contributed by atoms with Crippen LogP contribution in [0, 0.1) is 17.8 Å². The van der Waals surface area contributed by atoms with Crippen molar-refractivity contribution in [2.24, 2.45) is 22.1 Å². The molecule has 5 rings (SSSR count). The van der Waals surface area contributed by atoms with E-state index in [0.717, 1.165) is 55.2 Å². The van der Waals surface area contributed by atoms with Crippen LogP contribution in [0.4, 0.5) is 5.69 Å². The van der Waals surface area contributed by atoms with Gasteiger partial charge in [0.05, 0.1) is 18.4 Å². The lowest BCUT2D eigenvalue weighted by molar-refractivity contribution is 0.100. The fraction of sp³-hybridized carbons (Fsp3) is 0.516. The molecule has 6 nitrogen and oxygen atoms in total. The quantitative estimate of drug-likeness (QED) is 0.296. The van der Waals surface area contributed by atoms with Crippen molar-refractivity contribution in [3.63, 3.8) is 0 Å². The van der Waals surface area contributed by atoms with Crippen LogP contribution in [0.25, 0.3) is 0 Å². The molecule has 2 heterocycles. The smallest absolute Gasteiger partial charge is 0.254 e. The number of rotatable bonds is 0. The maximum atomic E-state index is 13.1. The number of hydrogen-bond donors (Lipinski definition) is 1. The lowest BCUT2D eigenvalue weighted by atomic mass is 9.70. The van der Waals surface area contributed by atoms with E-state index in [2.05, 4.69) is 35.2 Å². The number of amides is 1. The van der Waals surface area contributed by atoms with E-state index in [1.165, 1.54) is 11.1 Å². The molecule has 1 spiro atoms. The van der Waals surface area contributed by atoms with Gasteiger partial charge in [0, 0.05) is 29.1 Å². The zero-order valence-corrected chi connectivity index (χ0v) is 24.5. The number of carbonyl (C=O) groups is 1. The molecule has 0 saturated heterocycles. The highest BCUT2D eigenvalue weighted by Crippen LogP contribution is 2.45. The third-order valence-corrected chi connectivity index (χ3v) is 10.2. The van der Waals surface area contributed by atoms with E-state index in [4.69, 9.17) is 16.3 Å². The van der Waals surface area contributed by atoms with Crippen molar-refractivity contribution >= 4 is 33.8 Å². The summed E-state index contributed by atoms with van der Waals surface area (Å²) < 4.78 is 23.2. The van der Waals surface area contributed by atoms with Crippen molar-refractivity contribution in [3.05, 3.63) is 70.3 Å². The van der Waals surface area contributed by atoms with Gasteiger partial charge in [-0.2, -0.15) is 10.6 Å². The van der Waals surface area contributed by atoms with Crippen LogP contribution in [0.1, 0.15) is 61.5 Å². The summed E-state index contributed by atoms with van der Waals surface area (Å²) in [6, 6.07) is 11.6. The molecule has 39 heavy (non-hydrogen) atoms. The Morgan fingerprint density at radius 3 is 2.77 bits per heavy atom. The van der Waals surface area contributed by atoms with Crippen LogP contribution in [-0.4, -0.2) is 42.6 Å². The lowest BCUT2D eigenvalue weighted by Gasteiger charge is -2.41. The van der Waals surface area contributed by atoms with Gasteiger partial charge in [0.25, 0.3) is 5.91 Å². The second kappa shape index (κ2) is 11.6. The van der Waals surface area contributed by atoms with Crippen molar-refractivity contribution in [1.82, 2.24) is 0 Å². The van der Waals surface area contributed by atoms with Crippen LogP contribution >= 0.6 is 11.6 Å². The Morgan fingerprint density at radius 2 is 1.95 bits per heavy atom. The number of anilines is 1. The van der Waals surface area contributed by atoms with Gasteiger partial charge in [-0.3, -0.25) is 4.79 Å². The molecule has 0 saturated carbocycles. The Hall–Kier alpha value is -2.35. The number of carbonyl (C=O) groups excluding carboxylic acids is 1. The average molecular weight is 570 g/mol. The number of fused-ring (bicyclic) bond motifs is 3. The monoisotopic (exact) mass is 569 g/mol. The molecule has 2 aromatic rings. The predicted molar refractivity (Wildman–Crippen MR) is 157 cm³/mol. The first-order valence-electron chi connectivity index (χ1n) is 14.0. The van der Waals surface area contributed by atoms with Gasteiger partial charge in [0.15, 0.2) is 0 Å². The number of aliphatic hydroxyl groups excluding tert-OH is 1. The van der Waals surface area contributed by atoms with E-state index in [1.54, 1.807) is 12.1 Å². The Morgan fingerprint density at radius 1 is 1.13 bits per heavy atom.